The van der Waals surface area contributed by atoms with Crippen molar-refractivity contribution >= 4 is 17.5 Å². The molecule has 1 aromatic rings. The van der Waals surface area contributed by atoms with Crippen LogP contribution in [0, 0.1) is 21.4 Å². The predicted molar refractivity (Wildman–Crippen MR) is 70.9 cm³/mol. The lowest BCUT2D eigenvalue weighted by molar-refractivity contribution is -0.384. The Bertz CT molecular complexity index is 496. The third-order valence-corrected chi connectivity index (χ3v) is 2.53. The molecule has 1 N–H and O–H groups in total. The molecule has 0 amide bonds. The summed E-state index contributed by atoms with van der Waals surface area (Å²) in [7, 11) is 1.64. The maximum absolute atomic E-state index is 11.0. The third kappa shape index (κ3) is 3.51. The molecule has 0 aliphatic carbocycles. The van der Waals surface area contributed by atoms with Gasteiger partial charge in [0.25, 0.3) is 0 Å². The van der Waals surface area contributed by atoms with Gasteiger partial charge in [-0.3, -0.25) is 10.1 Å². The first-order valence-corrected chi connectivity index (χ1v) is 5.84. The van der Waals surface area contributed by atoms with Crippen molar-refractivity contribution < 1.29 is 4.92 Å². The number of aromatic nitrogens is 2. The molecule has 0 aliphatic heterocycles. The standard InChI is InChI=1S/C11H16N6O2/c1-8(2)16(6-4-5-12)10-9(17(18)19)7-14-11(13-3)15-10/h7-8H,4,6H2,1-3H3,(H,13,14,15). The van der Waals surface area contributed by atoms with E-state index in [2.05, 4.69) is 15.3 Å². The molecule has 19 heavy (non-hydrogen) atoms. The summed E-state index contributed by atoms with van der Waals surface area (Å²) in [4.78, 5) is 20.2. The second-order valence-electron chi connectivity index (χ2n) is 4.10. The Kier molecular flexibility index (Phi) is 5.00. The second kappa shape index (κ2) is 6.49. The van der Waals surface area contributed by atoms with Crippen LogP contribution in [0.5, 0.6) is 0 Å². The van der Waals surface area contributed by atoms with Crippen molar-refractivity contribution in [2.24, 2.45) is 0 Å². The van der Waals surface area contributed by atoms with Crippen LogP contribution in [0.1, 0.15) is 20.3 Å². The van der Waals surface area contributed by atoms with E-state index >= 15 is 0 Å². The molecule has 0 saturated carbocycles. The fourth-order valence-corrected chi connectivity index (χ4v) is 1.61. The molecule has 0 aliphatic rings. The molecule has 0 spiro atoms. The SMILES string of the molecule is CNc1ncc([N+](=O)[O-])c(N(CCC#N)C(C)C)n1. The van der Waals surface area contributed by atoms with Crippen molar-refractivity contribution in [3.8, 4) is 6.07 Å². The first kappa shape index (κ1) is 14.6. The minimum Gasteiger partial charge on any atom is -0.357 e. The molecule has 0 fully saturated rings. The number of nitrogens with zero attached hydrogens (tertiary/aromatic N) is 5. The summed E-state index contributed by atoms with van der Waals surface area (Å²) >= 11 is 0. The highest BCUT2D eigenvalue weighted by Crippen LogP contribution is 2.27. The summed E-state index contributed by atoms with van der Waals surface area (Å²) in [6.07, 6.45) is 1.45. The average molecular weight is 264 g/mol. The Labute approximate surface area is 111 Å². The van der Waals surface area contributed by atoms with Crippen molar-refractivity contribution in [3.05, 3.63) is 16.3 Å². The molecule has 1 rings (SSSR count). The fraction of sp³-hybridized carbons (Fsp3) is 0.545. The molecule has 102 valence electrons. The van der Waals surface area contributed by atoms with E-state index < -0.39 is 4.92 Å². The van der Waals surface area contributed by atoms with Gasteiger partial charge in [-0.25, -0.2) is 4.98 Å². The van der Waals surface area contributed by atoms with E-state index in [1.54, 1.807) is 11.9 Å². The molecule has 1 aromatic heterocycles. The van der Waals surface area contributed by atoms with E-state index in [0.29, 0.717) is 12.5 Å². The molecule has 0 atom stereocenters. The smallest absolute Gasteiger partial charge is 0.329 e. The van der Waals surface area contributed by atoms with Crippen LogP contribution < -0.4 is 10.2 Å². The van der Waals surface area contributed by atoms with Crippen LogP contribution in [0.2, 0.25) is 0 Å². The van der Waals surface area contributed by atoms with E-state index in [0.717, 1.165) is 0 Å². The van der Waals surface area contributed by atoms with Gasteiger partial charge in [0.05, 0.1) is 17.4 Å². The van der Waals surface area contributed by atoms with Gasteiger partial charge >= 0.3 is 5.69 Å². The monoisotopic (exact) mass is 264 g/mol. The van der Waals surface area contributed by atoms with Crippen LogP contribution >= 0.6 is 0 Å². The largest absolute Gasteiger partial charge is 0.357 e. The zero-order valence-electron chi connectivity index (χ0n) is 11.1. The number of hydrogen-bond acceptors (Lipinski definition) is 7. The van der Waals surface area contributed by atoms with Gasteiger partial charge in [-0.1, -0.05) is 0 Å². The number of anilines is 2. The van der Waals surface area contributed by atoms with E-state index in [9.17, 15) is 10.1 Å². The van der Waals surface area contributed by atoms with Gasteiger partial charge in [0.2, 0.25) is 11.8 Å². The second-order valence-corrected chi connectivity index (χ2v) is 4.10. The molecular weight excluding hydrogens is 248 g/mol. The van der Waals surface area contributed by atoms with Crippen molar-refractivity contribution in [1.82, 2.24) is 9.97 Å². The third-order valence-electron chi connectivity index (χ3n) is 2.53. The van der Waals surface area contributed by atoms with Crippen LogP contribution in [0.4, 0.5) is 17.5 Å². The number of nitriles is 1. The Morgan fingerprint density at radius 3 is 2.79 bits per heavy atom. The molecular formula is C11H16N6O2. The Morgan fingerprint density at radius 2 is 2.32 bits per heavy atom. The lowest BCUT2D eigenvalue weighted by Gasteiger charge is -2.26. The maximum Gasteiger partial charge on any atom is 0.329 e. The molecule has 0 bridgehead atoms. The van der Waals surface area contributed by atoms with Gasteiger partial charge in [0, 0.05) is 19.6 Å². The molecule has 8 nitrogen and oxygen atoms in total. The number of rotatable bonds is 6. The number of nitrogens with one attached hydrogen (secondary N) is 1. The summed E-state index contributed by atoms with van der Waals surface area (Å²) < 4.78 is 0. The van der Waals surface area contributed by atoms with E-state index in [-0.39, 0.29) is 24.0 Å². The van der Waals surface area contributed by atoms with Crippen molar-refractivity contribution in [1.29, 1.82) is 5.26 Å². The van der Waals surface area contributed by atoms with Crippen molar-refractivity contribution in [2.75, 3.05) is 23.8 Å². The predicted octanol–water partition coefficient (Wildman–Crippen LogP) is 1.55. The van der Waals surface area contributed by atoms with E-state index in [4.69, 9.17) is 5.26 Å². The van der Waals surface area contributed by atoms with Gasteiger partial charge in [0.15, 0.2) is 0 Å². The van der Waals surface area contributed by atoms with Gasteiger partial charge in [-0.15, -0.1) is 0 Å². The molecule has 1 heterocycles. The Balaban J connectivity index is 3.25. The highest BCUT2D eigenvalue weighted by atomic mass is 16.6. The van der Waals surface area contributed by atoms with Crippen LogP contribution in [0.15, 0.2) is 6.20 Å². The minimum absolute atomic E-state index is 0.00773. The molecule has 0 saturated heterocycles. The van der Waals surface area contributed by atoms with E-state index in [1.165, 1.54) is 6.20 Å². The normalized spacial score (nSPS) is 10.1. The summed E-state index contributed by atoms with van der Waals surface area (Å²) in [5.74, 6) is 0.540. The van der Waals surface area contributed by atoms with Gasteiger partial charge in [-0.05, 0) is 13.8 Å². The van der Waals surface area contributed by atoms with Crippen molar-refractivity contribution in [3.63, 3.8) is 0 Å². The highest BCUT2D eigenvalue weighted by Gasteiger charge is 2.24. The van der Waals surface area contributed by atoms with E-state index in [1.807, 2.05) is 19.9 Å². The number of hydrogen-bond donors (Lipinski definition) is 1. The molecule has 0 unspecified atom stereocenters. The summed E-state index contributed by atoms with van der Waals surface area (Å²) in [6.45, 7) is 4.17. The number of nitro groups is 1. The van der Waals surface area contributed by atoms with Crippen LogP contribution in [0.25, 0.3) is 0 Å². The van der Waals surface area contributed by atoms with Crippen LogP contribution in [0.3, 0.4) is 0 Å². The maximum atomic E-state index is 11.0. The molecule has 8 heteroatoms. The minimum atomic E-state index is -0.517. The summed E-state index contributed by atoms with van der Waals surface area (Å²) in [6, 6.07) is 2.02. The first-order chi connectivity index (χ1) is 9.01. The van der Waals surface area contributed by atoms with Gasteiger partial charge in [0.1, 0.15) is 6.20 Å². The first-order valence-electron chi connectivity index (χ1n) is 5.84. The molecule has 0 aromatic carbocycles. The van der Waals surface area contributed by atoms with Gasteiger partial charge in [-0.2, -0.15) is 10.2 Å². The molecule has 0 radical (unpaired) electrons. The lowest BCUT2D eigenvalue weighted by atomic mass is 10.2. The zero-order valence-corrected chi connectivity index (χ0v) is 11.1. The quantitative estimate of drug-likeness (QED) is 0.613. The Morgan fingerprint density at radius 1 is 1.63 bits per heavy atom. The summed E-state index contributed by atoms with van der Waals surface area (Å²) in [5, 5.41) is 22.5. The van der Waals surface area contributed by atoms with Crippen molar-refractivity contribution in [2.45, 2.75) is 26.3 Å². The van der Waals surface area contributed by atoms with Crippen LogP contribution in [-0.4, -0.2) is 34.5 Å². The Hall–Kier alpha value is -2.43. The van der Waals surface area contributed by atoms with Crippen LogP contribution in [-0.2, 0) is 0 Å². The fourth-order valence-electron chi connectivity index (χ4n) is 1.61. The average Bonchev–Trinajstić information content (AvgIpc) is 2.38. The highest BCUT2D eigenvalue weighted by molar-refractivity contribution is 5.59. The van der Waals surface area contributed by atoms with Gasteiger partial charge < -0.3 is 10.2 Å². The lowest BCUT2D eigenvalue weighted by Crippen LogP contribution is -2.33. The topological polar surface area (TPSA) is 108 Å². The zero-order chi connectivity index (χ0) is 14.4. The summed E-state index contributed by atoms with van der Waals surface area (Å²) in [5.41, 5.74) is -0.161.